The van der Waals surface area contributed by atoms with E-state index in [1.807, 2.05) is 0 Å². The van der Waals surface area contributed by atoms with Crippen LogP contribution in [0.15, 0.2) is 10.9 Å². The van der Waals surface area contributed by atoms with Gasteiger partial charge in [-0.1, -0.05) is 15.9 Å². The van der Waals surface area contributed by atoms with E-state index < -0.39 is 23.5 Å². The highest BCUT2D eigenvalue weighted by Crippen LogP contribution is 2.17. The predicted octanol–water partition coefficient (Wildman–Crippen LogP) is 1.92. The zero-order chi connectivity index (χ0) is 13.0. The van der Waals surface area contributed by atoms with Crippen LogP contribution in [0.2, 0.25) is 0 Å². The van der Waals surface area contributed by atoms with Crippen molar-refractivity contribution < 1.29 is 18.3 Å². The first kappa shape index (κ1) is 13.8. The minimum atomic E-state index is -2.79. The summed E-state index contributed by atoms with van der Waals surface area (Å²) in [5.74, 6) is -0.603. The number of carbonyl (C=O) groups excluding carboxylic acids is 1. The van der Waals surface area contributed by atoms with Crippen molar-refractivity contribution in [2.24, 2.45) is 0 Å². The fraction of sp³-hybridized carbons (Fsp3) is 0.400. The molecule has 0 saturated heterocycles. The molecule has 0 saturated carbocycles. The summed E-state index contributed by atoms with van der Waals surface area (Å²) in [7, 11) is 1.19. The van der Waals surface area contributed by atoms with E-state index in [-0.39, 0.29) is 23.0 Å². The molecule has 0 atom stereocenters. The van der Waals surface area contributed by atoms with Crippen LogP contribution in [0, 0.1) is 0 Å². The number of rotatable bonds is 4. The van der Waals surface area contributed by atoms with E-state index >= 15 is 0 Å². The van der Waals surface area contributed by atoms with Crippen LogP contribution in [0.25, 0.3) is 0 Å². The van der Waals surface area contributed by atoms with Gasteiger partial charge in [0.05, 0.1) is 19.2 Å². The van der Waals surface area contributed by atoms with Crippen LogP contribution in [0.5, 0.6) is 0 Å². The van der Waals surface area contributed by atoms with E-state index in [1.165, 1.54) is 7.11 Å². The summed E-state index contributed by atoms with van der Waals surface area (Å²) in [6.07, 6.45) is -3.03. The topological polar surface area (TPSA) is 59.2 Å². The molecule has 0 aliphatic rings. The highest BCUT2D eigenvalue weighted by Gasteiger charge is 2.16. The summed E-state index contributed by atoms with van der Waals surface area (Å²) in [5.41, 5.74) is -0.634. The van der Waals surface area contributed by atoms with Crippen LogP contribution in [-0.2, 0) is 21.3 Å². The molecule has 0 aliphatic carbocycles. The summed E-state index contributed by atoms with van der Waals surface area (Å²) in [6, 6.07) is 0.835. The lowest BCUT2D eigenvalue weighted by molar-refractivity contribution is -0.139. The van der Waals surface area contributed by atoms with Gasteiger partial charge in [0, 0.05) is 22.7 Å². The summed E-state index contributed by atoms with van der Waals surface area (Å²) >= 11 is 3.07. The van der Waals surface area contributed by atoms with Gasteiger partial charge in [-0.15, -0.1) is 0 Å². The molecule has 1 heterocycles. The normalized spacial score (nSPS) is 10.6. The molecule has 94 valence electrons. The third-order valence-corrected chi connectivity index (χ3v) is 2.72. The predicted molar refractivity (Wildman–Crippen MR) is 60.4 cm³/mol. The molecule has 0 bridgehead atoms. The van der Waals surface area contributed by atoms with Crippen molar-refractivity contribution in [3.8, 4) is 0 Å². The van der Waals surface area contributed by atoms with Crippen molar-refractivity contribution in [2.45, 2.75) is 18.2 Å². The quantitative estimate of drug-likeness (QED) is 0.683. The molecule has 1 aromatic rings. The molecule has 1 N–H and O–H groups in total. The average molecular weight is 310 g/mol. The van der Waals surface area contributed by atoms with Gasteiger partial charge in [0.2, 0.25) is 0 Å². The highest BCUT2D eigenvalue weighted by molar-refractivity contribution is 9.08. The van der Waals surface area contributed by atoms with Crippen molar-refractivity contribution in [1.29, 1.82) is 0 Å². The molecular formula is C10H10BrF2NO3. The number of hydrogen-bond acceptors (Lipinski definition) is 3. The summed E-state index contributed by atoms with van der Waals surface area (Å²) in [4.78, 5) is 25.0. The summed E-state index contributed by atoms with van der Waals surface area (Å²) in [5, 5.41) is 0.179. The molecule has 17 heavy (non-hydrogen) atoms. The average Bonchev–Trinajstić information content (AvgIpc) is 2.28. The standard InChI is InChI=1S/C10H10BrF2NO3/c1-17-9(16)3-6-5(4-11)8(15)2-7(14-6)10(12)13/h2,10H,3-4H2,1H3,(H,14,15). The van der Waals surface area contributed by atoms with E-state index in [1.54, 1.807) is 0 Å². The van der Waals surface area contributed by atoms with Crippen molar-refractivity contribution in [2.75, 3.05) is 7.11 Å². The van der Waals surface area contributed by atoms with Crippen LogP contribution in [0.3, 0.4) is 0 Å². The fourth-order valence-electron chi connectivity index (χ4n) is 1.29. The Kier molecular flexibility index (Phi) is 4.80. The van der Waals surface area contributed by atoms with Gasteiger partial charge in [-0.3, -0.25) is 9.59 Å². The number of hydrogen-bond donors (Lipinski definition) is 1. The number of aromatic nitrogens is 1. The SMILES string of the molecule is COC(=O)Cc1[nH]c(C(F)F)cc(=O)c1CBr. The van der Waals surface area contributed by atoms with Crippen molar-refractivity contribution in [1.82, 2.24) is 4.98 Å². The monoisotopic (exact) mass is 309 g/mol. The molecule has 0 fully saturated rings. The van der Waals surface area contributed by atoms with Gasteiger partial charge in [-0.05, 0) is 0 Å². The van der Waals surface area contributed by atoms with Crippen molar-refractivity contribution >= 4 is 21.9 Å². The number of methoxy groups -OCH3 is 1. The molecule has 0 unspecified atom stereocenters. The molecule has 0 spiro atoms. The van der Waals surface area contributed by atoms with Gasteiger partial charge < -0.3 is 9.72 Å². The first-order valence-electron chi connectivity index (χ1n) is 4.65. The number of halogens is 3. The van der Waals surface area contributed by atoms with Gasteiger partial charge in [0.25, 0.3) is 6.43 Å². The van der Waals surface area contributed by atoms with E-state index in [4.69, 9.17) is 0 Å². The van der Waals surface area contributed by atoms with Crippen LogP contribution in [0.4, 0.5) is 8.78 Å². The van der Waals surface area contributed by atoms with Gasteiger partial charge in [0.15, 0.2) is 5.43 Å². The Morgan fingerprint density at radius 1 is 1.59 bits per heavy atom. The largest absolute Gasteiger partial charge is 0.469 e. The molecule has 7 heteroatoms. The lowest BCUT2D eigenvalue weighted by atomic mass is 10.1. The van der Waals surface area contributed by atoms with Gasteiger partial charge >= 0.3 is 5.97 Å². The molecule has 0 radical (unpaired) electrons. The Morgan fingerprint density at radius 2 is 2.24 bits per heavy atom. The molecular weight excluding hydrogens is 300 g/mol. The number of esters is 1. The number of nitrogens with one attached hydrogen (secondary N) is 1. The van der Waals surface area contributed by atoms with Gasteiger partial charge in [0.1, 0.15) is 0 Å². The molecule has 0 aromatic carbocycles. The molecule has 1 aromatic heterocycles. The van der Waals surface area contributed by atoms with Crippen LogP contribution < -0.4 is 5.43 Å². The zero-order valence-electron chi connectivity index (χ0n) is 8.93. The number of H-pyrrole nitrogens is 1. The van der Waals surface area contributed by atoms with Crippen LogP contribution >= 0.6 is 15.9 Å². The third kappa shape index (κ3) is 3.36. The highest BCUT2D eigenvalue weighted by atomic mass is 79.9. The van der Waals surface area contributed by atoms with E-state index in [2.05, 4.69) is 25.7 Å². The van der Waals surface area contributed by atoms with Gasteiger partial charge in [-0.2, -0.15) is 0 Å². The Labute approximate surface area is 104 Å². The number of carbonyl (C=O) groups is 1. The minimum absolute atomic E-state index is 0.150. The summed E-state index contributed by atoms with van der Waals surface area (Å²) < 4.78 is 29.4. The Morgan fingerprint density at radius 3 is 2.71 bits per heavy atom. The maximum absolute atomic E-state index is 12.5. The second-order valence-electron chi connectivity index (χ2n) is 3.23. The second-order valence-corrected chi connectivity index (χ2v) is 3.79. The number of pyridine rings is 1. The Bertz CT molecular complexity index is 473. The first-order chi connectivity index (χ1) is 7.99. The Balaban J connectivity index is 3.24. The maximum atomic E-state index is 12.5. The smallest absolute Gasteiger partial charge is 0.311 e. The molecule has 0 aliphatic heterocycles. The van der Waals surface area contributed by atoms with E-state index in [0.717, 1.165) is 6.07 Å². The molecule has 0 amide bonds. The zero-order valence-corrected chi connectivity index (χ0v) is 10.5. The number of ether oxygens (including phenoxy) is 1. The van der Waals surface area contributed by atoms with E-state index in [0.29, 0.717) is 0 Å². The lowest BCUT2D eigenvalue weighted by Gasteiger charge is -2.08. The van der Waals surface area contributed by atoms with Gasteiger partial charge in [-0.25, -0.2) is 8.78 Å². The third-order valence-electron chi connectivity index (χ3n) is 2.16. The molecule has 1 rings (SSSR count). The van der Waals surface area contributed by atoms with E-state index in [9.17, 15) is 18.4 Å². The first-order valence-corrected chi connectivity index (χ1v) is 5.77. The lowest BCUT2D eigenvalue weighted by Crippen LogP contribution is -2.18. The summed E-state index contributed by atoms with van der Waals surface area (Å²) in [6.45, 7) is 0. The van der Waals surface area contributed by atoms with Crippen molar-refractivity contribution in [3.63, 3.8) is 0 Å². The fourth-order valence-corrected chi connectivity index (χ4v) is 1.91. The Hall–Kier alpha value is -1.24. The van der Waals surface area contributed by atoms with Crippen LogP contribution in [-0.4, -0.2) is 18.1 Å². The number of aromatic amines is 1. The minimum Gasteiger partial charge on any atom is -0.469 e. The van der Waals surface area contributed by atoms with Crippen molar-refractivity contribution in [3.05, 3.63) is 33.2 Å². The second kappa shape index (κ2) is 5.90. The molecule has 4 nitrogen and oxygen atoms in total. The maximum Gasteiger partial charge on any atom is 0.311 e. The van der Waals surface area contributed by atoms with Crippen LogP contribution in [0.1, 0.15) is 23.4 Å². The number of alkyl halides is 3.